The van der Waals surface area contributed by atoms with Gasteiger partial charge in [-0.15, -0.1) is 0 Å². The van der Waals surface area contributed by atoms with Crippen LogP contribution in [0.5, 0.6) is 0 Å². The molecule has 11 heteroatoms. The smallest absolute Gasteiger partial charge is 0.319 e. The lowest BCUT2D eigenvalue weighted by molar-refractivity contribution is -0.122. The Kier molecular flexibility index (Phi) is 8.99. The number of hydrogen-bond acceptors (Lipinski definition) is 5. The molecule has 0 aromatic heterocycles. The van der Waals surface area contributed by atoms with Gasteiger partial charge >= 0.3 is 6.03 Å². The van der Waals surface area contributed by atoms with Gasteiger partial charge in [0.15, 0.2) is 0 Å². The van der Waals surface area contributed by atoms with Gasteiger partial charge in [0.1, 0.15) is 11.3 Å². The summed E-state index contributed by atoms with van der Waals surface area (Å²) in [5.41, 5.74) is 1.62. The molecule has 2 unspecified atom stereocenters. The molecule has 0 aliphatic carbocycles. The summed E-state index contributed by atoms with van der Waals surface area (Å²) in [4.78, 5) is 39.8. The molecule has 4 amide bonds. The van der Waals surface area contributed by atoms with Crippen molar-refractivity contribution in [3.05, 3.63) is 90.5 Å². The first kappa shape index (κ1) is 27.4. The number of nitrogens with zero attached hydrogens (tertiary/aromatic N) is 1. The second kappa shape index (κ2) is 12.2. The Morgan fingerprint density at radius 1 is 0.838 bits per heavy atom. The van der Waals surface area contributed by atoms with Gasteiger partial charge in [0.25, 0.3) is 10.1 Å². The molecule has 0 spiro atoms. The zero-order chi connectivity index (χ0) is 27.0. The highest BCUT2D eigenvalue weighted by atomic mass is 32.2. The van der Waals surface area contributed by atoms with E-state index < -0.39 is 45.8 Å². The van der Waals surface area contributed by atoms with Crippen molar-refractivity contribution < 1.29 is 27.4 Å². The Labute approximate surface area is 215 Å². The monoisotopic (exact) mass is 524 g/mol. The Bertz CT molecular complexity index is 1350. The van der Waals surface area contributed by atoms with Crippen molar-refractivity contribution in [3.63, 3.8) is 0 Å². The van der Waals surface area contributed by atoms with Gasteiger partial charge in [-0.3, -0.25) is 19.0 Å². The van der Waals surface area contributed by atoms with E-state index >= 15 is 0 Å². The molecular formula is C26H28N4O6S. The molecule has 0 saturated heterocycles. The number of carbonyl (C=O) groups excluding carboxylic acids is 3. The average molecular weight is 525 g/mol. The molecule has 0 radical (unpaired) electrons. The van der Waals surface area contributed by atoms with E-state index in [9.17, 15) is 27.4 Å². The van der Waals surface area contributed by atoms with Gasteiger partial charge in [-0.1, -0.05) is 48.5 Å². The van der Waals surface area contributed by atoms with Crippen LogP contribution in [0.1, 0.15) is 24.7 Å². The third-order valence-electron chi connectivity index (χ3n) is 5.57. The third-order valence-corrected chi connectivity index (χ3v) is 6.74. The highest BCUT2D eigenvalue weighted by molar-refractivity contribution is 7.86. The van der Waals surface area contributed by atoms with Crippen LogP contribution in [0.15, 0.2) is 84.9 Å². The van der Waals surface area contributed by atoms with Crippen LogP contribution in [-0.4, -0.2) is 43.4 Å². The minimum absolute atomic E-state index is 0.272. The van der Waals surface area contributed by atoms with Crippen LogP contribution in [0, 0.1) is 0 Å². The fraction of sp³-hybridized carbons (Fsp3) is 0.192. The number of urea groups is 1. The van der Waals surface area contributed by atoms with Crippen LogP contribution >= 0.6 is 0 Å². The average Bonchev–Trinajstić information content (AvgIpc) is 2.88. The lowest BCUT2D eigenvalue weighted by Gasteiger charge is -2.28. The van der Waals surface area contributed by atoms with Crippen molar-refractivity contribution in [2.45, 2.75) is 25.1 Å². The summed E-state index contributed by atoms with van der Waals surface area (Å²) in [5.74, 6) is -0.927. The number of benzene rings is 3. The fourth-order valence-corrected chi connectivity index (χ4v) is 4.01. The molecule has 0 aliphatic heterocycles. The maximum Gasteiger partial charge on any atom is 0.319 e. The summed E-state index contributed by atoms with van der Waals surface area (Å²) in [6, 6.07) is 21.8. The van der Waals surface area contributed by atoms with Gasteiger partial charge in [0.05, 0.1) is 6.54 Å². The van der Waals surface area contributed by atoms with E-state index in [1.807, 2.05) is 6.07 Å². The van der Waals surface area contributed by atoms with Gasteiger partial charge < -0.3 is 16.0 Å². The molecule has 3 aromatic carbocycles. The first-order valence-corrected chi connectivity index (χ1v) is 12.9. The van der Waals surface area contributed by atoms with Gasteiger partial charge in [-0.2, -0.15) is 8.42 Å². The van der Waals surface area contributed by atoms with E-state index in [0.717, 1.165) is 0 Å². The predicted octanol–water partition coefficient (Wildman–Crippen LogP) is 3.82. The van der Waals surface area contributed by atoms with E-state index in [1.165, 1.54) is 36.1 Å². The summed E-state index contributed by atoms with van der Waals surface area (Å²) in [6.07, 6.45) is 0. The zero-order valence-electron chi connectivity index (χ0n) is 20.3. The van der Waals surface area contributed by atoms with Crippen molar-refractivity contribution in [1.82, 2.24) is 5.32 Å². The molecular weight excluding hydrogens is 496 g/mol. The summed E-state index contributed by atoms with van der Waals surface area (Å²) in [7, 11) is -4.30. The molecule has 3 aromatic rings. The number of nitrogens with one attached hydrogen (secondary N) is 3. The number of rotatable bonds is 9. The van der Waals surface area contributed by atoms with E-state index in [2.05, 4.69) is 16.0 Å². The molecule has 3 rings (SSSR count). The van der Waals surface area contributed by atoms with Crippen molar-refractivity contribution in [2.75, 3.05) is 22.1 Å². The van der Waals surface area contributed by atoms with E-state index in [4.69, 9.17) is 0 Å². The Hall–Kier alpha value is -4.22. The Balaban J connectivity index is 1.68. The van der Waals surface area contributed by atoms with Crippen molar-refractivity contribution >= 4 is 45.0 Å². The number of anilines is 3. The minimum Gasteiger partial charge on any atom is -0.329 e. The van der Waals surface area contributed by atoms with E-state index in [-0.39, 0.29) is 11.3 Å². The zero-order valence-corrected chi connectivity index (χ0v) is 21.1. The number of carbonyl (C=O) groups is 3. The summed E-state index contributed by atoms with van der Waals surface area (Å²) >= 11 is 0. The highest BCUT2D eigenvalue weighted by Crippen LogP contribution is 2.23. The van der Waals surface area contributed by atoms with Crippen molar-refractivity contribution in [3.8, 4) is 0 Å². The molecule has 0 aliphatic rings. The number of hydrogen-bond donors (Lipinski definition) is 4. The highest BCUT2D eigenvalue weighted by Gasteiger charge is 2.28. The van der Waals surface area contributed by atoms with Crippen LogP contribution in [-0.2, 0) is 19.7 Å². The van der Waals surface area contributed by atoms with Crippen LogP contribution in [0.4, 0.5) is 21.9 Å². The van der Waals surface area contributed by atoms with Crippen LogP contribution in [0.25, 0.3) is 0 Å². The molecule has 2 atom stereocenters. The lowest BCUT2D eigenvalue weighted by atomic mass is 10.1. The summed E-state index contributed by atoms with van der Waals surface area (Å²) in [6.45, 7) is 2.50. The van der Waals surface area contributed by atoms with Crippen molar-refractivity contribution in [1.29, 1.82) is 0 Å². The molecule has 0 saturated carbocycles. The number of amides is 4. The largest absolute Gasteiger partial charge is 0.329 e. The van der Waals surface area contributed by atoms with Gasteiger partial charge in [0.2, 0.25) is 11.8 Å². The van der Waals surface area contributed by atoms with Crippen molar-refractivity contribution in [2.24, 2.45) is 0 Å². The normalized spacial score (nSPS) is 12.6. The van der Waals surface area contributed by atoms with Crippen LogP contribution < -0.4 is 20.9 Å². The second-order valence-corrected chi connectivity index (χ2v) is 9.96. The topological polar surface area (TPSA) is 145 Å². The SMILES string of the molecule is CC(C(=O)Nc1ccccc1)N(C(=O)CNC(=O)Nc1cccc(C(C)S(=O)(=O)O)c1)c1ccccc1. The molecule has 37 heavy (non-hydrogen) atoms. The fourth-order valence-electron chi connectivity index (χ4n) is 3.52. The molecule has 4 N–H and O–H groups in total. The quantitative estimate of drug-likeness (QED) is 0.313. The minimum atomic E-state index is -4.30. The van der Waals surface area contributed by atoms with Crippen LogP contribution in [0.2, 0.25) is 0 Å². The van der Waals surface area contributed by atoms with Gasteiger partial charge in [-0.05, 0) is 55.8 Å². The maximum atomic E-state index is 13.2. The molecule has 0 bridgehead atoms. The van der Waals surface area contributed by atoms with Gasteiger partial charge in [-0.25, -0.2) is 4.79 Å². The molecule has 10 nitrogen and oxygen atoms in total. The Morgan fingerprint density at radius 3 is 2.05 bits per heavy atom. The van der Waals surface area contributed by atoms with E-state index in [0.29, 0.717) is 11.4 Å². The first-order valence-electron chi connectivity index (χ1n) is 11.4. The third kappa shape index (κ3) is 7.63. The standard InChI is InChI=1S/C26H28N4O6S/c1-18(25(32)28-21-11-5-3-6-12-21)30(23-14-7-4-8-15-23)24(31)17-27-26(33)29-22-13-9-10-20(16-22)19(2)37(34,35)36/h3-16,18-19H,17H2,1-2H3,(H,28,32)(H2,27,29,33)(H,34,35,36). The number of para-hydroxylation sites is 2. The second-order valence-electron chi connectivity index (χ2n) is 8.22. The van der Waals surface area contributed by atoms with E-state index in [1.54, 1.807) is 61.5 Å². The summed E-state index contributed by atoms with van der Waals surface area (Å²) in [5, 5.41) is 6.59. The lowest BCUT2D eigenvalue weighted by Crippen LogP contribution is -2.50. The maximum absolute atomic E-state index is 13.2. The van der Waals surface area contributed by atoms with Crippen LogP contribution in [0.3, 0.4) is 0 Å². The Morgan fingerprint density at radius 2 is 1.43 bits per heavy atom. The molecule has 0 heterocycles. The molecule has 0 fully saturated rings. The molecule has 194 valence electrons. The predicted molar refractivity (Wildman–Crippen MR) is 142 cm³/mol. The van der Waals surface area contributed by atoms with Gasteiger partial charge in [0, 0.05) is 17.1 Å². The first-order chi connectivity index (χ1) is 17.6. The summed E-state index contributed by atoms with van der Waals surface area (Å²) < 4.78 is 32.1.